The molecule has 0 bridgehead atoms. The highest BCUT2D eigenvalue weighted by Gasteiger charge is 2.59. The van der Waals surface area contributed by atoms with Crippen LogP contribution in [0.4, 0.5) is 0 Å². The molecule has 0 unspecified atom stereocenters. The Bertz CT molecular complexity index is 202. The summed E-state index contributed by atoms with van der Waals surface area (Å²) in [5, 5.41) is 2.67. The van der Waals surface area contributed by atoms with Gasteiger partial charge in [0.2, 0.25) is 5.54 Å². The molecular formula is C8H13NO4. The van der Waals surface area contributed by atoms with Gasteiger partial charge in [0.15, 0.2) is 0 Å². The van der Waals surface area contributed by atoms with Crippen LogP contribution in [-0.2, 0) is 19.1 Å². The first-order chi connectivity index (χ1) is 6.17. The Morgan fingerprint density at radius 2 is 1.62 bits per heavy atom. The van der Waals surface area contributed by atoms with Gasteiger partial charge in [0.25, 0.3) is 0 Å². The van der Waals surface area contributed by atoms with Crippen molar-refractivity contribution in [2.75, 3.05) is 19.8 Å². The Balaban J connectivity index is 2.55. The molecule has 0 aromatic carbocycles. The minimum absolute atomic E-state index is 0.266. The average molecular weight is 187 g/mol. The zero-order valence-electron chi connectivity index (χ0n) is 7.75. The fourth-order valence-corrected chi connectivity index (χ4v) is 0.969. The number of hydrogen-bond acceptors (Lipinski definition) is 5. The second-order valence-electron chi connectivity index (χ2n) is 2.70. The van der Waals surface area contributed by atoms with E-state index in [1.54, 1.807) is 13.8 Å². The first-order valence-electron chi connectivity index (χ1n) is 4.27. The minimum Gasteiger partial charge on any atom is -0.464 e. The van der Waals surface area contributed by atoms with Crippen LogP contribution in [0.5, 0.6) is 0 Å². The fourth-order valence-electron chi connectivity index (χ4n) is 0.969. The van der Waals surface area contributed by atoms with Gasteiger partial charge in [-0.15, -0.1) is 0 Å². The van der Waals surface area contributed by atoms with E-state index in [2.05, 4.69) is 5.32 Å². The summed E-state index contributed by atoms with van der Waals surface area (Å²) in [6.45, 7) is 4.23. The number of carbonyl (C=O) groups excluding carboxylic acids is 2. The van der Waals surface area contributed by atoms with E-state index in [0.29, 0.717) is 6.54 Å². The van der Waals surface area contributed by atoms with E-state index in [1.807, 2.05) is 0 Å². The van der Waals surface area contributed by atoms with E-state index in [9.17, 15) is 9.59 Å². The fraction of sp³-hybridized carbons (Fsp3) is 0.750. The third kappa shape index (κ3) is 1.80. The zero-order valence-corrected chi connectivity index (χ0v) is 7.75. The summed E-state index contributed by atoms with van der Waals surface area (Å²) in [6.07, 6.45) is 0. The minimum atomic E-state index is -1.20. The maximum absolute atomic E-state index is 11.3. The standard InChI is InChI=1S/C8H13NO4/c1-3-12-6(10)8(5-9-8)7(11)13-4-2/h9H,3-5H2,1-2H3. The third-order valence-electron chi connectivity index (χ3n) is 1.78. The summed E-state index contributed by atoms with van der Waals surface area (Å²) in [7, 11) is 0. The van der Waals surface area contributed by atoms with Gasteiger partial charge in [-0.05, 0) is 13.8 Å². The smallest absolute Gasteiger partial charge is 0.339 e. The molecule has 0 amide bonds. The molecule has 1 aliphatic rings. The maximum atomic E-state index is 11.3. The Labute approximate surface area is 76.4 Å². The van der Waals surface area contributed by atoms with Gasteiger partial charge >= 0.3 is 11.9 Å². The van der Waals surface area contributed by atoms with Crippen molar-refractivity contribution in [2.24, 2.45) is 0 Å². The van der Waals surface area contributed by atoms with E-state index < -0.39 is 17.5 Å². The SMILES string of the molecule is CCOC(=O)C1(C(=O)OCC)CN1. The quantitative estimate of drug-likeness (QED) is 0.363. The Kier molecular flexibility index (Phi) is 2.87. The van der Waals surface area contributed by atoms with E-state index in [0.717, 1.165) is 0 Å². The third-order valence-corrected chi connectivity index (χ3v) is 1.78. The highest BCUT2D eigenvalue weighted by Crippen LogP contribution is 2.20. The second kappa shape index (κ2) is 3.74. The molecule has 5 nitrogen and oxygen atoms in total. The van der Waals surface area contributed by atoms with Crippen molar-refractivity contribution in [1.82, 2.24) is 5.32 Å². The van der Waals surface area contributed by atoms with Crippen molar-refractivity contribution in [1.29, 1.82) is 0 Å². The van der Waals surface area contributed by atoms with Crippen LogP contribution in [-0.4, -0.2) is 37.2 Å². The topological polar surface area (TPSA) is 74.5 Å². The van der Waals surface area contributed by atoms with Crippen molar-refractivity contribution in [3.63, 3.8) is 0 Å². The molecule has 1 rings (SSSR count). The van der Waals surface area contributed by atoms with Crippen LogP contribution in [0, 0.1) is 0 Å². The molecule has 0 aliphatic carbocycles. The van der Waals surface area contributed by atoms with E-state index in [4.69, 9.17) is 9.47 Å². The van der Waals surface area contributed by atoms with Crippen LogP contribution >= 0.6 is 0 Å². The van der Waals surface area contributed by atoms with Gasteiger partial charge in [0.05, 0.1) is 13.2 Å². The molecular weight excluding hydrogens is 174 g/mol. The molecule has 0 atom stereocenters. The normalized spacial score (nSPS) is 17.7. The lowest BCUT2D eigenvalue weighted by Gasteiger charge is -2.10. The van der Waals surface area contributed by atoms with Crippen molar-refractivity contribution >= 4 is 11.9 Å². The molecule has 1 fully saturated rings. The highest BCUT2D eigenvalue weighted by molar-refractivity contribution is 6.08. The zero-order chi connectivity index (χ0) is 9.90. The number of carbonyl (C=O) groups is 2. The van der Waals surface area contributed by atoms with Gasteiger partial charge in [-0.25, -0.2) is 9.59 Å². The maximum Gasteiger partial charge on any atom is 0.339 e. The van der Waals surface area contributed by atoms with Crippen LogP contribution < -0.4 is 5.32 Å². The van der Waals surface area contributed by atoms with Gasteiger partial charge in [-0.2, -0.15) is 0 Å². The summed E-state index contributed by atoms with van der Waals surface area (Å²) in [6, 6.07) is 0. The van der Waals surface area contributed by atoms with Crippen molar-refractivity contribution in [2.45, 2.75) is 19.4 Å². The monoisotopic (exact) mass is 187 g/mol. The first-order valence-corrected chi connectivity index (χ1v) is 4.27. The van der Waals surface area contributed by atoms with Crippen molar-refractivity contribution in [3.8, 4) is 0 Å². The molecule has 13 heavy (non-hydrogen) atoms. The predicted molar refractivity (Wildman–Crippen MR) is 44.0 cm³/mol. The summed E-state index contributed by atoms with van der Waals surface area (Å²) >= 11 is 0. The second-order valence-corrected chi connectivity index (χ2v) is 2.70. The molecule has 1 saturated heterocycles. The summed E-state index contributed by atoms with van der Waals surface area (Å²) in [4.78, 5) is 22.5. The predicted octanol–water partition coefficient (Wildman–Crippen LogP) is -0.545. The lowest BCUT2D eigenvalue weighted by molar-refractivity contribution is -0.158. The van der Waals surface area contributed by atoms with Crippen molar-refractivity contribution in [3.05, 3.63) is 0 Å². The molecule has 0 aromatic rings. The molecule has 1 aliphatic heterocycles. The van der Waals surface area contributed by atoms with Crippen LogP contribution in [0.25, 0.3) is 0 Å². The number of hydrogen-bond donors (Lipinski definition) is 1. The van der Waals surface area contributed by atoms with Gasteiger partial charge in [-0.3, -0.25) is 5.32 Å². The van der Waals surface area contributed by atoms with Crippen LogP contribution in [0.2, 0.25) is 0 Å². The number of ether oxygens (including phenoxy) is 2. The van der Waals surface area contributed by atoms with Crippen molar-refractivity contribution < 1.29 is 19.1 Å². The van der Waals surface area contributed by atoms with E-state index in [1.165, 1.54) is 0 Å². The van der Waals surface area contributed by atoms with E-state index in [-0.39, 0.29) is 13.2 Å². The molecule has 0 saturated carbocycles. The Morgan fingerprint density at radius 3 is 1.85 bits per heavy atom. The summed E-state index contributed by atoms with van der Waals surface area (Å²) in [5.41, 5.74) is -1.20. The average Bonchev–Trinajstić information content (AvgIpc) is 2.85. The molecule has 1 N–H and O–H groups in total. The van der Waals surface area contributed by atoms with Crippen LogP contribution in [0.15, 0.2) is 0 Å². The summed E-state index contributed by atoms with van der Waals surface area (Å²) in [5.74, 6) is -1.10. The lowest BCUT2D eigenvalue weighted by atomic mass is 10.1. The molecule has 1 heterocycles. The van der Waals surface area contributed by atoms with E-state index >= 15 is 0 Å². The van der Waals surface area contributed by atoms with Gasteiger partial charge in [0.1, 0.15) is 0 Å². The first kappa shape index (κ1) is 9.98. The van der Waals surface area contributed by atoms with Gasteiger partial charge in [-0.1, -0.05) is 0 Å². The molecule has 0 radical (unpaired) electrons. The molecule has 0 spiro atoms. The van der Waals surface area contributed by atoms with Crippen LogP contribution in [0.1, 0.15) is 13.8 Å². The Morgan fingerprint density at radius 1 is 1.23 bits per heavy atom. The molecule has 74 valence electrons. The highest BCUT2D eigenvalue weighted by atomic mass is 16.6. The Hall–Kier alpha value is -1.10. The number of rotatable bonds is 4. The largest absolute Gasteiger partial charge is 0.464 e. The van der Waals surface area contributed by atoms with Crippen LogP contribution in [0.3, 0.4) is 0 Å². The lowest BCUT2D eigenvalue weighted by Crippen LogP contribution is -2.40. The molecule has 5 heteroatoms. The summed E-state index contributed by atoms with van der Waals surface area (Å²) < 4.78 is 9.47. The number of nitrogens with one attached hydrogen (secondary N) is 1. The van der Waals surface area contributed by atoms with Gasteiger partial charge < -0.3 is 9.47 Å². The number of esters is 2. The van der Waals surface area contributed by atoms with Gasteiger partial charge in [0, 0.05) is 6.54 Å². The molecule has 0 aromatic heterocycles.